The molecule has 0 saturated carbocycles. The zero-order valence-electron chi connectivity index (χ0n) is 19.7. The number of piperazine rings is 1. The van der Waals surface area contributed by atoms with Gasteiger partial charge in [-0.15, -0.1) is 11.3 Å². The van der Waals surface area contributed by atoms with Gasteiger partial charge in [-0.25, -0.2) is 9.50 Å². The molecule has 1 fully saturated rings. The average Bonchev–Trinajstić information content (AvgIpc) is 3.52. The molecule has 3 aromatic heterocycles. The minimum absolute atomic E-state index is 0.0159. The van der Waals surface area contributed by atoms with Crippen molar-refractivity contribution in [3.05, 3.63) is 74.3 Å². The van der Waals surface area contributed by atoms with Gasteiger partial charge in [0.25, 0.3) is 5.91 Å². The van der Waals surface area contributed by atoms with E-state index < -0.39 is 17.8 Å². The highest BCUT2D eigenvalue weighted by Crippen LogP contribution is 2.34. The van der Waals surface area contributed by atoms with Crippen LogP contribution in [0.25, 0.3) is 16.2 Å². The first kappa shape index (κ1) is 26.0. The first-order valence-electron chi connectivity index (χ1n) is 11.6. The summed E-state index contributed by atoms with van der Waals surface area (Å²) in [6.45, 7) is 4.69. The zero-order chi connectivity index (χ0) is 26.3. The number of fused-ring (bicyclic) bond motifs is 1. The predicted molar refractivity (Wildman–Crippen MR) is 138 cm³/mol. The molecule has 1 aliphatic rings. The van der Waals surface area contributed by atoms with Gasteiger partial charge in [-0.1, -0.05) is 36.2 Å². The maximum Gasteiger partial charge on any atom is 0.433 e. The van der Waals surface area contributed by atoms with E-state index in [9.17, 15) is 18.0 Å². The molecule has 0 bridgehead atoms. The minimum atomic E-state index is -4.66. The summed E-state index contributed by atoms with van der Waals surface area (Å²) >= 11 is 13.5. The number of rotatable bonds is 5. The van der Waals surface area contributed by atoms with Crippen LogP contribution in [0.2, 0.25) is 10.0 Å². The maximum atomic E-state index is 13.9. The van der Waals surface area contributed by atoms with Crippen LogP contribution in [0.1, 0.15) is 33.5 Å². The lowest BCUT2D eigenvalue weighted by Crippen LogP contribution is -2.48. The standard InChI is InChI=1S/C25H22Cl2F3N5OS/c1-2-16-4-6-21(37-16)19-12-22(25(28,29)30)35-23(31-19)13-20(32-35)24(36)34-9-7-33(8-10-34)14-15-3-5-17(26)18(27)11-15/h3-6,11-13H,2,7-10,14H2,1H3. The molecule has 0 aliphatic carbocycles. The lowest BCUT2D eigenvalue weighted by molar-refractivity contribution is -0.142. The van der Waals surface area contributed by atoms with Crippen molar-refractivity contribution in [2.24, 2.45) is 0 Å². The summed E-state index contributed by atoms with van der Waals surface area (Å²) in [6.07, 6.45) is -3.88. The van der Waals surface area contributed by atoms with Crippen molar-refractivity contribution in [2.75, 3.05) is 26.2 Å². The van der Waals surface area contributed by atoms with Crippen LogP contribution in [-0.4, -0.2) is 56.5 Å². The Morgan fingerprint density at radius 2 is 1.78 bits per heavy atom. The van der Waals surface area contributed by atoms with Crippen molar-refractivity contribution < 1.29 is 18.0 Å². The van der Waals surface area contributed by atoms with E-state index in [-0.39, 0.29) is 17.0 Å². The Kier molecular flexibility index (Phi) is 7.19. The number of hydrogen-bond donors (Lipinski definition) is 0. The lowest BCUT2D eigenvalue weighted by Gasteiger charge is -2.34. The van der Waals surface area contributed by atoms with Crippen LogP contribution in [0, 0.1) is 0 Å². The van der Waals surface area contributed by atoms with E-state index in [0.717, 1.165) is 22.9 Å². The monoisotopic (exact) mass is 567 g/mol. The fourth-order valence-corrected chi connectivity index (χ4v) is 5.51. The second kappa shape index (κ2) is 10.2. The molecule has 1 aromatic carbocycles. The molecule has 12 heteroatoms. The van der Waals surface area contributed by atoms with Crippen molar-refractivity contribution in [3.8, 4) is 10.6 Å². The highest BCUT2D eigenvalue weighted by Gasteiger charge is 2.36. The third-order valence-electron chi connectivity index (χ3n) is 6.25. The molecule has 1 amide bonds. The summed E-state index contributed by atoms with van der Waals surface area (Å²) in [6, 6.07) is 11.4. The van der Waals surface area contributed by atoms with Crippen LogP contribution < -0.4 is 0 Å². The summed E-state index contributed by atoms with van der Waals surface area (Å²) in [5, 5.41) is 5.00. The van der Waals surface area contributed by atoms with Gasteiger partial charge in [-0.05, 0) is 42.3 Å². The molecule has 194 valence electrons. The smallest absolute Gasteiger partial charge is 0.335 e. The second-order valence-corrected chi connectivity index (χ2v) is 10.7. The Bertz CT molecular complexity index is 1460. The number of carbonyl (C=O) groups excluding carboxylic acids is 1. The predicted octanol–water partition coefficient (Wildman–Crippen LogP) is 6.30. The van der Waals surface area contributed by atoms with Gasteiger partial charge >= 0.3 is 6.18 Å². The molecule has 0 N–H and O–H groups in total. The van der Waals surface area contributed by atoms with E-state index in [2.05, 4.69) is 15.0 Å². The van der Waals surface area contributed by atoms with Crippen LogP contribution in [0.5, 0.6) is 0 Å². The number of aromatic nitrogens is 3. The summed E-state index contributed by atoms with van der Waals surface area (Å²) in [5.74, 6) is -0.418. The van der Waals surface area contributed by atoms with Crippen LogP contribution >= 0.6 is 34.5 Å². The third kappa shape index (κ3) is 5.47. The number of thiophene rings is 1. The van der Waals surface area contributed by atoms with Gasteiger partial charge in [-0.2, -0.15) is 18.3 Å². The number of hydrogen-bond acceptors (Lipinski definition) is 5. The quantitative estimate of drug-likeness (QED) is 0.284. The van der Waals surface area contributed by atoms with Gasteiger partial charge in [-0.3, -0.25) is 9.69 Å². The SMILES string of the molecule is CCc1ccc(-c2cc(C(F)(F)F)n3nc(C(=O)N4CCN(Cc5ccc(Cl)c(Cl)c5)CC4)cc3n2)s1. The van der Waals surface area contributed by atoms with E-state index in [1.165, 1.54) is 17.4 Å². The Labute approximate surface area is 225 Å². The molecule has 1 saturated heterocycles. The van der Waals surface area contributed by atoms with Gasteiger partial charge < -0.3 is 4.90 Å². The highest BCUT2D eigenvalue weighted by molar-refractivity contribution is 7.15. The third-order valence-corrected chi connectivity index (χ3v) is 8.24. The number of alkyl halides is 3. The van der Waals surface area contributed by atoms with E-state index in [4.69, 9.17) is 23.2 Å². The topological polar surface area (TPSA) is 53.7 Å². The molecular weight excluding hydrogens is 546 g/mol. The van der Waals surface area contributed by atoms with Crippen LogP contribution in [0.4, 0.5) is 13.2 Å². The minimum Gasteiger partial charge on any atom is -0.335 e. The number of halogens is 5. The van der Waals surface area contributed by atoms with Crippen LogP contribution in [0.15, 0.2) is 42.5 Å². The molecule has 37 heavy (non-hydrogen) atoms. The summed E-state index contributed by atoms with van der Waals surface area (Å²) in [4.78, 5) is 23.0. The highest BCUT2D eigenvalue weighted by atomic mass is 35.5. The maximum absolute atomic E-state index is 13.9. The summed E-state index contributed by atoms with van der Waals surface area (Å²) < 4.78 is 42.5. The van der Waals surface area contributed by atoms with Gasteiger partial charge in [0.05, 0.1) is 20.6 Å². The molecule has 4 heterocycles. The van der Waals surface area contributed by atoms with E-state index in [1.54, 1.807) is 17.0 Å². The van der Waals surface area contributed by atoms with Gasteiger partial charge in [0.1, 0.15) is 0 Å². The first-order chi connectivity index (χ1) is 17.6. The van der Waals surface area contributed by atoms with Gasteiger partial charge in [0.15, 0.2) is 17.0 Å². The Balaban J connectivity index is 1.35. The van der Waals surface area contributed by atoms with Crippen molar-refractivity contribution in [1.82, 2.24) is 24.4 Å². The number of nitrogens with zero attached hydrogens (tertiary/aromatic N) is 5. The Hall–Kier alpha value is -2.66. The van der Waals surface area contributed by atoms with E-state index >= 15 is 0 Å². The first-order valence-corrected chi connectivity index (χ1v) is 13.2. The summed E-state index contributed by atoms with van der Waals surface area (Å²) in [5.41, 5.74) is 0.169. The van der Waals surface area contributed by atoms with Gasteiger partial charge in [0.2, 0.25) is 0 Å². The molecule has 6 nitrogen and oxygen atoms in total. The summed E-state index contributed by atoms with van der Waals surface area (Å²) in [7, 11) is 0. The normalized spacial score (nSPS) is 15.0. The molecular formula is C25H22Cl2F3N5OS. The van der Waals surface area contributed by atoms with Crippen LogP contribution in [0.3, 0.4) is 0 Å². The van der Waals surface area contributed by atoms with Crippen molar-refractivity contribution in [1.29, 1.82) is 0 Å². The number of benzene rings is 1. The largest absolute Gasteiger partial charge is 0.433 e. The molecule has 5 rings (SSSR count). The second-order valence-electron chi connectivity index (χ2n) is 8.76. The average molecular weight is 568 g/mol. The van der Waals surface area contributed by atoms with Crippen molar-refractivity contribution >= 4 is 46.1 Å². The molecule has 0 unspecified atom stereocenters. The fraction of sp³-hybridized carbons (Fsp3) is 0.320. The molecule has 0 spiro atoms. The molecule has 0 atom stereocenters. The molecule has 1 aliphatic heterocycles. The van der Waals surface area contributed by atoms with Crippen LogP contribution in [-0.2, 0) is 19.1 Å². The van der Waals surface area contributed by atoms with Gasteiger partial charge in [0, 0.05) is 43.7 Å². The fourth-order valence-electron chi connectivity index (χ4n) is 4.28. The van der Waals surface area contributed by atoms with Crippen molar-refractivity contribution in [3.63, 3.8) is 0 Å². The number of carbonyl (C=O) groups is 1. The lowest BCUT2D eigenvalue weighted by atomic mass is 10.2. The zero-order valence-corrected chi connectivity index (χ0v) is 22.1. The van der Waals surface area contributed by atoms with Crippen molar-refractivity contribution in [2.45, 2.75) is 26.1 Å². The number of aryl methyl sites for hydroxylation is 1. The molecule has 4 aromatic rings. The van der Waals surface area contributed by atoms with E-state index in [0.29, 0.717) is 52.2 Å². The molecule has 0 radical (unpaired) electrons. The Morgan fingerprint density at radius 3 is 2.43 bits per heavy atom. The Morgan fingerprint density at radius 1 is 1.03 bits per heavy atom. The van der Waals surface area contributed by atoms with E-state index in [1.807, 2.05) is 25.1 Å². The number of amides is 1.